The van der Waals surface area contributed by atoms with E-state index in [1.165, 1.54) is 0 Å². The molecule has 8 heteroatoms. The molecule has 0 bridgehead atoms. The molecule has 3 rings (SSSR count). The first-order chi connectivity index (χ1) is 16.3. The van der Waals surface area contributed by atoms with Crippen LogP contribution in [-0.2, 0) is 14.3 Å². The van der Waals surface area contributed by atoms with Crippen LogP contribution in [0.25, 0.3) is 0 Å². The number of carbonyl (C=O) groups excluding carboxylic acids is 2. The third-order valence-electron chi connectivity index (χ3n) is 6.94. The Hall–Kier alpha value is -2.16. The number of carbonyl (C=O) groups is 2. The minimum Gasteiger partial charge on any atom is -0.491 e. The molecule has 1 saturated heterocycles. The molecule has 1 N–H and O–H groups in total. The predicted molar refractivity (Wildman–Crippen MR) is 132 cm³/mol. The van der Waals surface area contributed by atoms with Crippen molar-refractivity contribution in [1.29, 1.82) is 0 Å². The van der Waals surface area contributed by atoms with Crippen LogP contribution in [0.3, 0.4) is 0 Å². The van der Waals surface area contributed by atoms with E-state index >= 15 is 0 Å². The second-order valence-corrected chi connectivity index (χ2v) is 9.68. The highest BCUT2D eigenvalue weighted by Gasteiger charge is 2.28. The van der Waals surface area contributed by atoms with E-state index < -0.39 is 0 Å². The molecule has 1 aromatic carbocycles. The van der Waals surface area contributed by atoms with Gasteiger partial charge in [-0.1, -0.05) is 13.8 Å². The molecule has 1 fully saturated rings. The fraction of sp³-hybridized carbons (Fsp3) is 0.692. The first-order valence-electron chi connectivity index (χ1n) is 12.5. The van der Waals surface area contributed by atoms with Gasteiger partial charge in [-0.2, -0.15) is 0 Å². The van der Waals surface area contributed by atoms with Gasteiger partial charge in [-0.3, -0.25) is 14.5 Å². The lowest BCUT2D eigenvalue weighted by Gasteiger charge is -2.35. The Bertz CT molecular complexity index is 827. The molecule has 3 atom stereocenters. The molecule has 0 aromatic heterocycles. The average Bonchev–Trinajstić information content (AvgIpc) is 2.85. The van der Waals surface area contributed by atoms with Crippen molar-refractivity contribution in [3.63, 3.8) is 0 Å². The Morgan fingerprint density at radius 2 is 1.94 bits per heavy atom. The molecular formula is C26H41N3O5. The molecule has 8 nitrogen and oxygen atoms in total. The van der Waals surface area contributed by atoms with Crippen LogP contribution in [0.1, 0.15) is 50.4 Å². The second-order valence-electron chi connectivity index (χ2n) is 9.68. The van der Waals surface area contributed by atoms with Crippen molar-refractivity contribution in [2.45, 2.75) is 52.2 Å². The van der Waals surface area contributed by atoms with Crippen molar-refractivity contribution < 1.29 is 23.8 Å². The minimum absolute atomic E-state index is 0.0322. The molecule has 34 heavy (non-hydrogen) atoms. The van der Waals surface area contributed by atoms with Gasteiger partial charge < -0.3 is 24.4 Å². The number of anilines is 1. The molecule has 0 unspecified atom stereocenters. The standard InChI is InChI=1S/C26H41N3O5/c1-6-11-29-15-18(2)24(32-5)16-28(4)26(31)22-14-21(7-8-23(22)34-17-19(29)3)27-25(30)20-9-12-33-13-10-20/h7-8,14,18-20,24H,6,9-13,15-17H2,1-5H3,(H,27,30)/t18-,19-,24+/m1/s1. The summed E-state index contributed by atoms with van der Waals surface area (Å²) in [6.07, 6.45) is 2.40. The molecule has 1 aromatic rings. The number of nitrogens with one attached hydrogen (secondary N) is 1. The van der Waals surface area contributed by atoms with Crippen molar-refractivity contribution in [3.8, 4) is 5.75 Å². The number of fused-ring (bicyclic) bond motifs is 1. The summed E-state index contributed by atoms with van der Waals surface area (Å²) in [5.41, 5.74) is 1.05. The number of benzene rings is 1. The fourth-order valence-electron chi connectivity index (χ4n) is 4.73. The largest absolute Gasteiger partial charge is 0.491 e. The zero-order valence-electron chi connectivity index (χ0n) is 21.3. The maximum atomic E-state index is 13.5. The topological polar surface area (TPSA) is 80.3 Å². The normalized spacial score (nSPS) is 25.6. The molecule has 0 spiro atoms. The highest BCUT2D eigenvalue weighted by molar-refractivity contribution is 5.99. The van der Waals surface area contributed by atoms with Crippen molar-refractivity contribution in [1.82, 2.24) is 9.80 Å². The third kappa shape index (κ3) is 6.71. The quantitative estimate of drug-likeness (QED) is 0.704. The second kappa shape index (κ2) is 12.5. The monoisotopic (exact) mass is 475 g/mol. The van der Waals surface area contributed by atoms with Crippen LogP contribution in [0.5, 0.6) is 5.75 Å². The van der Waals surface area contributed by atoms with Crippen LogP contribution in [-0.4, -0.2) is 87.4 Å². The number of amides is 2. The van der Waals surface area contributed by atoms with Gasteiger partial charge in [0.15, 0.2) is 0 Å². The summed E-state index contributed by atoms with van der Waals surface area (Å²) in [6.45, 7) is 10.5. The molecule has 0 radical (unpaired) electrons. The van der Waals surface area contributed by atoms with Gasteiger partial charge in [0.05, 0.1) is 11.7 Å². The zero-order chi connectivity index (χ0) is 24.7. The number of nitrogens with zero attached hydrogens (tertiary/aromatic N) is 2. The molecule has 190 valence electrons. The fourth-order valence-corrected chi connectivity index (χ4v) is 4.73. The molecule has 2 heterocycles. The van der Waals surface area contributed by atoms with E-state index in [1.54, 1.807) is 31.2 Å². The number of ether oxygens (including phenoxy) is 3. The van der Waals surface area contributed by atoms with Gasteiger partial charge >= 0.3 is 0 Å². The molecule has 0 saturated carbocycles. The minimum atomic E-state index is -0.148. The van der Waals surface area contributed by atoms with Crippen molar-refractivity contribution in [2.75, 3.05) is 58.9 Å². The summed E-state index contributed by atoms with van der Waals surface area (Å²) in [4.78, 5) is 30.3. The number of likely N-dealkylation sites (N-methyl/N-ethyl adjacent to an activating group) is 1. The van der Waals surface area contributed by atoms with Gasteiger partial charge in [0, 0.05) is 58.1 Å². The summed E-state index contributed by atoms with van der Waals surface area (Å²) in [6, 6.07) is 5.52. The summed E-state index contributed by atoms with van der Waals surface area (Å²) in [5.74, 6) is 0.532. The van der Waals surface area contributed by atoms with Crippen LogP contribution < -0.4 is 10.1 Å². The molecule has 2 aliphatic heterocycles. The highest BCUT2D eigenvalue weighted by Crippen LogP contribution is 2.27. The van der Waals surface area contributed by atoms with E-state index in [4.69, 9.17) is 14.2 Å². The zero-order valence-corrected chi connectivity index (χ0v) is 21.3. The number of methoxy groups -OCH3 is 1. The van der Waals surface area contributed by atoms with E-state index in [1.807, 2.05) is 6.07 Å². The molecule has 0 aliphatic carbocycles. The van der Waals surface area contributed by atoms with E-state index in [0.29, 0.717) is 56.2 Å². The third-order valence-corrected chi connectivity index (χ3v) is 6.94. The van der Waals surface area contributed by atoms with Crippen LogP contribution in [0.2, 0.25) is 0 Å². The first kappa shape index (κ1) is 26.4. The lowest BCUT2D eigenvalue weighted by molar-refractivity contribution is -0.122. The van der Waals surface area contributed by atoms with Crippen molar-refractivity contribution in [2.24, 2.45) is 11.8 Å². The summed E-state index contributed by atoms with van der Waals surface area (Å²) in [7, 11) is 3.50. The Kier molecular flexibility index (Phi) is 9.74. The number of rotatable bonds is 5. The lowest BCUT2D eigenvalue weighted by atomic mass is 9.99. The van der Waals surface area contributed by atoms with Gasteiger partial charge in [0.25, 0.3) is 5.91 Å². The average molecular weight is 476 g/mol. The van der Waals surface area contributed by atoms with Crippen molar-refractivity contribution >= 4 is 17.5 Å². The van der Waals surface area contributed by atoms with Crippen LogP contribution >= 0.6 is 0 Å². The van der Waals surface area contributed by atoms with E-state index in [0.717, 1.165) is 19.5 Å². The molecule has 2 aliphatic rings. The Morgan fingerprint density at radius 1 is 1.21 bits per heavy atom. The van der Waals surface area contributed by atoms with Gasteiger partial charge in [0.2, 0.25) is 5.91 Å². The Labute approximate surface area is 203 Å². The van der Waals surface area contributed by atoms with Gasteiger partial charge in [-0.05, 0) is 56.8 Å². The Morgan fingerprint density at radius 3 is 2.62 bits per heavy atom. The maximum absolute atomic E-state index is 13.5. The van der Waals surface area contributed by atoms with Crippen molar-refractivity contribution in [3.05, 3.63) is 23.8 Å². The maximum Gasteiger partial charge on any atom is 0.257 e. The van der Waals surface area contributed by atoms with E-state index in [9.17, 15) is 9.59 Å². The highest BCUT2D eigenvalue weighted by atomic mass is 16.5. The van der Waals surface area contributed by atoms with Gasteiger partial charge in [0.1, 0.15) is 12.4 Å². The molecular weight excluding hydrogens is 434 g/mol. The Balaban J connectivity index is 1.87. The van der Waals surface area contributed by atoms with E-state index in [2.05, 4.69) is 31.0 Å². The van der Waals surface area contributed by atoms with E-state index in [-0.39, 0.29) is 35.8 Å². The summed E-state index contributed by atoms with van der Waals surface area (Å²) < 4.78 is 17.3. The molecule has 2 amide bonds. The smallest absolute Gasteiger partial charge is 0.257 e. The predicted octanol–water partition coefficient (Wildman–Crippen LogP) is 3.27. The summed E-state index contributed by atoms with van der Waals surface area (Å²) in [5, 5.41) is 2.99. The van der Waals surface area contributed by atoms with Crippen LogP contribution in [0.15, 0.2) is 18.2 Å². The SMILES string of the molecule is CCCN1C[C@@H](C)[C@@H](OC)CN(C)C(=O)c2cc(NC(=O)C3CCOCC3)ccc2OC[C@H]1C. The van der Waals surface area contributed by atoms with Gasteiger partial charge in [-0.15, -0.1) is 0 Å². The first-order valence-corrected chi connectivity index (χ1v) is 12.5. The summed E-state index contributed by atoms with van der Waals surface area (Å²) >= 11 is 0. The number of hydrogen-bond acceptors (Lipinski definition) is 6. The lowest BCUT2D eigenvalue weighted by Crippen LogP contribution is -2.46. The van der Waals surface area contributed by atoms with Crippen LogP contribution in [0.4, 0.5) is 5.69 Å². The number of hydrogen-bond donors (Lipinski definition) is 1. The van der Waals surface area contributed by atoms with Gasteiger partial charge in [-0.25, -0.2) is 0 Å². The van der Waals surface area contributed by atoms with Crippen LogP contribution in [0, 0.1) is 11.8 Å².